The fraction of sp³-hybridized carbons (Fsp3) is 0.294. The van der Waals surface area contributed by atoms with E-state index in [0.717, 1.165) is 11.1 Å². The molecular weight excluding hydrogens is 236 g/mol. The fourth-order valence-electron chi connectivity index (χ4n) is 2.51. The van der Waals surface area contributed by atoms with Crippen LogP contribution in [0.25, 0.3) is 0 Å². The van der Waals surface area contributed by atoms with E-state index in [1.54, 1.807) is 6.07 Å². The van der Waals surface area contributed by atoms with Crippen molar-refractivity contribution < 1.29 is 10.2 Å². The Balaban J connectivity index is 2.48. The maximum atomic E-state index is 9.76. The molecule has 2 heteroatoms. The highest BCUT2D eigenvalue weighted by molar-refractivity contribution is 5.45. The van der Waals surface area contributed by atoms with Crippen LogP contribution in [0.4, 0.5) is 0 Å². The van der Waals surface area contributed by atoms with Crippen molar-refractivity contribution in [3.05, 3.63) is 64.7 Å². The zero-order chi connectivity index (χ0) is 13.8. The van der Waals surface area contributed by atoms with Gasteiger partial charge in [-0.1, -0.05) is 36.4 Å². The van der Waals surface area contributed by atoms with E-state index in [0.29, 0.717) is 12.2 Å². The number of hydrogen-bond donors (Lipinski definition) is 2. The van der Waals surface area contributed by atoms with Gasteiger partial charge in [0.15, 0.2) is 0 Å². The summed E-state index contributed by atoms with van der Waals surface area (Å²) in [5.74, 6) is 0.502. The molecule has 2 aromatic rings. The number of aliphatic hydroxyl groups is 1. The molecule has 0 heterocycles. The molecule has 0 amide bonds. The number of phenols is 1. The molecule has 2 N–H and O–H groups in total. The van der Waals surface area contributed by atoms with Gasteiger partial charge in [-0.2, -0.15) is 0 Å². The smallest absolute Gasteiger partial charge is 0.118 e. The lowest BCUT2D eigenvalue weighted by molar-refractivity contribution is 0.281. The molecule has 19 heavy (non-hydrogen) atoms. The van der Waals surface area contributed by atoms with Crippen molar-refractivity contribution in [2.45, 2.75) is 26.2 Å². The second-order valence-corrected chi connectivity index (χ2v) is 4.97. The molecule has 0 radical (unpaired) electrons. The van der Waals surface area contributed by atoms with Gasteiger partial charge in [0.25, 0.3) is 0 Å². The monoisotopic (exact) mass is 256 g/mol. The summed E-state index contributed by atoms with van der Waals surface area (Å²) in [5.41, 5.74) is 4.31. The lowest BCUT2D eigenvalue weighted by Gasteiger charge is -2.20. The van der Waals surface area contributed by atoms with E-state index in [2.05, 4.69) is 12.1 Å². The van der Waals surface area contributed by atoms with Crippen LogP contribution in [-0.2, 0) is 0 Å². The second-order valence-electron chi connectivity index (χ2n) is 4.97. The lowest BCUT2D eigenvalue weighted by atomic mass is 9.85. The van der Waals surface area contributed by atoms with Gasteiger partial charge in [0.2, 0.25) is 0 Å². The quantitative estimate of drug-likeness (QED) is 0.878. The zero-order valence-corrected chi connectivity index (χ0v) is 11.4. The summed E-state index contributed by atoms with van der Waals surface area (Å²) in [4.78, 5) is 0. The van der Waals surface area contributed by atoms with Crippen LogP contribution in [-0.4, -0.2) is 16.8 Å². The summed E-state index contributed by atoms with van der Waals surface area (Å²) < 4.78 is 0. The van der Waals surface area contributed by atoms with Crippen molar-refractivity contribution in [3.63, 3.8) is 0 Å². The summed E-state index contributed by atoms with van der Waals surface area (Å²) in [6.45, 7) is 4.06. The standard InChI is InChI=1S/C17H20O2/c1-12-11-17(19)13(2)10-16(12)15(8-9-18)14-6-4-3-5-7-14/h3-7,10-11,15,18-19H,8-9H2,1-2H3. The Labute approximate surface area is 114 Å². The van der Waals surface area contributed by atoms with Crippen molar-refractivity contribution in [2.24, 2.45) is 0 Å². The molecule has 1 atom stereocenters. The molecule has 100 valence electrons. The van der Waals surface area contributed by atoms with Gasteiger partial charge in [0.05, 0.1) is 0 Å². The van der Waals surface area contributed by atoms with Gasteiger partial charge in [0.1, 0.15) is 5.75 Å². The minimum Gasteiger partial charge on any atom is -0.508 e. The molecule has 0 saturated heterocycles. The molecular formula is C17H20O2. The average Bonchev–Trinajstić information content (AvgIpc) is 2.42. The van der Waals surface area contributed by atoms with Gasteiger partial charge >= 0.3 is 0 Å². The third-order valence-electron chi connectivity index (χ3n) is 3.58. The molecule has 2 aromatic carbocycles. The Bertz CT molecular complexity index is 547. The number of hydrogen-bond acceptors (Lipinski definition) is 2. The molecule has 0 saturated carbocycles. The normalized spacial score (nSPS) is 12.4. The van der Waals surface area contributed by atoms with Crippen LogP contribution in [0.3, 0.4) is 0 Å². The molecule has 2 nitrogen and oxygen atoms in total. The minimum absolute atomic E-state index is 0.152. The van der Waals surface area contributed by atoms with E-state index in [9.17, 15) is 10.2 Å². The first kappa shape index (κ1) is 13.6. The topological polar surface area (TPSA) is 40.5 Å². The lowest BCUT2D eigenvalue weighted by Crippen LogP contribution is -2.06. The van der Waals surface area contributed by atoms with Crippen molar-refractivity contribution >= 4 is 0 Å². The molecule has 0 aliphatic carbocycles. The highest BCUT2D eigenvalue weighted by Gasteiger charge is 2.16. The summed E-state index contributed by atoms with van der Waals surface area (Å²) in [5, 5.41) is 19.1. The largest absolute Gasteiger partial charge is 0.508 e. The van der Waals surface area contributed by atoms with E-state index in [1.165, 1.54) is 11.1 Å². The zero-order valence-electron chi connectivity index (χ0n) is 11.4. The van der Waals surface area contributed by atoms with E-state index in [1.807, 2.05) is 38.1 Å². The van der Waals surface area contributed by atoms with E-state index in [4.69, 9.17) is 0 Å². The fourth-order valence-corrected chi connectivity index (χ4v) is 2.51. The van der Waals surface area contributed by atoms with Crippen LogP contribution in [0.15, 0.2) is 42.5 Å². The molecule has 0 fully saturated rings. The number of phenolic OH excluding ortho intramolecular Hbond substituents is 1. The van der Waals surface area contributed by atoms with Gasteiger partial charge in [0, 0.05) is 12.5 Å². The van der Waals surface area contributed by atoms with Crippen molar-refractivity contribution in [1.82, 2.24) is 0 Å². The first-order valence-corrected chi connectivity index (χ1v) is 6.59. The first-order chi connectivity index (χ1) is 9.13. The van der Waals surface area contributed by atoms with Gasteiger partial charge in [-0.3, -0.25) is 0 Å². The predicted octanol–water partition coefficient (Wildman–Crippen LogP) is 3.52. The van der Waals surface area contributed by atoms with Gasteiger partial charge in [-0.25, -0.2) is 0 Å². The predicted molar refractivity (Wildman–Crippen MR) is 77.6 cm³/mol. The number of aryl methyl sites for hydroxylation is 2. The second kappa shape index (κ2) is 5.89. The molecule has 0 aliphatic heterocycles. The van der Waals surface area contributed by atoms with Crippen molar-refractivity contribution in [3.8, 4) is 5.75 Å². The molecule has 0 spiro atoms. The van der Waals surface area contributed by atoms with Gasteiger partial charge < -0.3 is 10.2 Å². The van der Waals surface area contributed by atoms with Gasteiger partial charge in [-0.15, -0.1) is 0 Å². The van der Waals surface area contributed by atoms with Crippen LogP contribution < -0.4 is 0 Å². The highest BCUT2D eigenvalue weighted by atomic mass is 16.3. The summed E-state index contributed by atoms with van der Waals surface area (Å²) in [7, 11) is 0. The number of aliphatic hydroxyl groups excluding tert-OH is 1. The molecule has 2 rings (SSSR count). The van der Waals surface area contributed by atoms with Crippen molar-refractivity contribution in [2.75, 3.05) is 6.61 Å². The van der Waals surface area contributed by atoms with E-state index < -0.39 is 0 Å². The molecule has 0 aliphatic rings. The summed E-state index contributed by atoms with van der Waals surface area (Å²) >= 11 is 0. The highest BCUT2D eigenvalue weighted by Crippen LogP contribution is 2.33. The van der Waals surface area contributed by atoms with E-state index >= 15 is 0 Å². The Hall–Kier alpha value is -1.80. The Morgan fingerprint density at radius 2 is 1.68 bits per heavy atom. The SMILES string of the molecule is Cc1cc(C(CCO)c2ccccc2)c(C)cc1O. The summed E-state index contributed by atoms with van der Waals surface area (Å²) in [6, 6.07) is 14.0. The Kier molecular flexibility index (Phi) is 4.23. The summed E-state index contributed by atoms with van der Waals surface area (Å²) in [6.07, 6.45) is 0.690. The average molecular weight is 256 g/mol. The van der Waals surface area contributed by atoms with E-state index in [-0.39, 0.29) is 12.5 Å². The maximum Gasteiger partial charge on any atom is 0.118 e. The van der Waals surface area contributed by atoms with Crippen LogP contribution in [0.2, 0.25) is 0 Å². The molecule has 0 bridgehead atoms. The first-order valence-electron chi connectivity index (χ1n) is 6.59. The third-order valence-corrected chi connectivity index (χ3v) is 3.58. The Morgan fingerprint density at radius 1 is 1.00 bits per heavy atom. The Morgan fingerprint density at radius 3 is 2.32 bits per heavy atom. The van der Waals surface area contributed by atoms with Crippen LogP contribution >= 0.6 is 0 Å². The molecule has 1 unspecified atom stereocenters. The maximum absolute atomic E-state index is 9.76. The number of aromatic hydroxyl groups is 1. The van der Waals surface area contributed by atoms with Crippen LogP contribution in [0.1, 0.15) is 34.6 Å². The van der Waals surface area contributed by atoms with Crippen LogP contribution in [0, 0.1) is 13.8 Å². The third kappa shape index (κ3) is 2.96. The number of rotatable bonds is 4. The minimum atomic E-state index is 0.152. The van der Waals surface area contributed by atoms with Crippen molar-refractivity contribution in [1.29, 1.82) is 0 Å². The van der Waals surface area contributed by atoms with Crippen LogP contribution in [0.5, 0.6) is 5.75 Å². The number of benzene rings is 2. The van der Waals surface area contributed by atoms with Gasteiger partial charge in [-0.05, 0) is 48.6 Å². The molecule has 0 aromatic heterocycles.